The van der Waals surface area contributed by atoms with Crippen LogP contribution in [0, 0.1) is 34.5 Å². The van der Waals surface area contributed by atoms with E-state index in [1.807, 2.05) is 0 Å². The number of hydrogen-bond acceptors (Lipinski definition) is 7. The van der Waals surface area contributed by atoms with Crippen LogP contribution in [0.15, 0.2) is 0 Å². The van der Waals surface area contributed by atoms with Crippen LogP contribution in [0.4, 0.5) is 0 Å². The first kappa shape index (κ1) is 26.8. The normalized spacial score (nSPS) is 54.9. The zero-order valence-corrected chi connectivity index (χ0v) is 22.0. The minimum absolute atomic E-state index is 0.0715. The van der Waals surface area contributed by atoms with Crippen molar-refractivity contribution >= 4 is 5.97 Å². The van der Waals surface area contributed by atoms with Gasteiger partial charge in [-0.2, -0.15) is 0 Å². The topological polar surface area (TPSA) is 137 Å². The number of aliphatic hydroxyl groups excluding tert-OH is 3. The highest BCUT2D eigenvalue weighted by atomic mass is 16.7. The predicted molar refractivity (Wildman–Crippen MR) is 131 cm³/mol. The van der Waals surface area contributed by atoms with Gasteiger partial charge in [-0.15, -0.1) is 0 Å². The minimum Gasteiger partial charge on any atom is -0.481 e. The molecule has 0 radical (unpaired) electrons. The Morgan fingerprint density at radius 1 is 0.944 bits per heavy atom. The van der Waals surface area contributed by atoms with Crippen LogP contribution in [0.3, 0.4) is 0 Å². The molecular weight excluding hydrogens is 464 g/mol. The summed E-state index contributed by atoms with van der Waals surface area (Å²) in [6.07, 6.45) is 3.97. The number of hydrogen-bond donors (Lipinski definition) is 5. The second-order valence-corrected chi connectivity index (χ2v) is 13.3. The number of rotatable bonds is 5. The monoisotopic (exact) mass is 510 g/mol. The number of carbonyl (C=O) groups is 1. The van der Waals surface area contributed by atoms with Gasteiger partial charge in [-0.05, 0) is 106 Å². The van der Waals surface area contributed by atoms with E-state index in [4.69, 9.17) is 9.47 Å². The van der Waals surface area contributed by atoms with Crippen molar-refractivity contribution in [1.82, 2.24) is 0 Å². The van der Waals surface area contributed by atoms with Crippen LogP contribution < -0.4 is 0 Å². The molecule has 5 rings (SSSR count). The first-order chi connectivity index (χ1) is 16.9. The maximum Gasteiger partial charge on any atom is 0.303 e. The van der Waals surface area contributed by atoms with Gasteiger partial charge in [0.15, 0.2) is 6.29 Å². The zero-order chi connectivity index (χ0) is 26.0. The molecule has 0 amide bonds. The summed E-state index contributed by atoms with van der Waals surface area (Å²) in [5, 5.41) is 52.0. The molecule has 4 saturated carbocycles. The first-order valence-electron chi connectivity index (χ1n) is 14.2. The lowest BCUT2D eigenvalue weighted by atomic mass is 9.43. The minimum atomic E-state index is -1.29. The Kier molecular flexibility index (Phi) is 7.04. The van der Waals surface area contributed by atoms with E-state index in [-0.39, 0.29) is 35.2 Å². The summed E-state index contributed by atoms with van der Waals surface area (Å²) < 4.78 is 11.9. The summed E-state index contributed by atoms with van der Waals surface area (Å²) in [5.74, 6) is 0.685. The molecule has 0 aromatic heterocycles. The second-order valence-electron chi connectivity index (χ2n) is 13.3. The Morgan fingerprint density at radius 2 is 1.69 bits per heavy atom. The summed E-state index contributed by atoms with van der Waals surface area (Å²) >= 11 is 0. The van der Waals surface area contributed by atoms with E-state index >= 15 is 0 Å². The molecule has 8 nitrogen and oxygen atoms in total. The van der Waals surface area contributed by atoms with Gasteiger partial charge < -0.3 is 35.0 Å². The van der Waals surface area contributed by atoms with Crippen molar-refractivity contribution in [2.75, 3.05) is 0 Å². The van der Waals surface area contributed by atoms with Crippen LogP contribution in [-0.2, 0) is 14.3 Å². The van der Waals surface area contributed by atoms with Crippen LogP contribution >= 0.6 is 0 Å². The van der Waals surface area contributed by atoms with Gasteiger partial charge in [0.25, 0.3) is 0 Å². The standard InChI is InChI=1S/C28H46O8/c1-15-22(31)23(32)24(33)25(35-15)36-18-9-11-26(2)17(14-18)4-6-20-19(26)10-12-27(3)16(5-7-21(29)30)8-13-28(20,27)34/h15-20,22-25,31-34H,4-14H2,1-3H3,(H,29,30)/t15-,16-,17+,18-,19-,20+,22-,23+,24+,25-,26-,27+,28-/m0/s1. The highest BCUT2D eigenvalue weighted by Gasteiger charge is 2.67. The van der Waals surface area contributed by atoms with Crippen LogP contribution in [0.25, 0.3) is 0 Å². The fraction of sp³-hybridized carbons (Fsp3) is 0.964. The van der Waals surface area contributed by atoms with Gasteiger partial charge in [-0.3, -0.25) is 4.79 Å². The van der Waals surface area contributed by atoms with Crippen LogP contribution in [0.5, 0.6) is 0 Å². The van der Waals surface area contributed by atoms with Crippen molar-refractivity contribution in [1.29, 1.82) is 0 Å². The van der Waals surface area contributed by atoms with Gasteiger partial charge in [0.2, 0.25) is 0 Å². The molecule has 1 heterocycles. The Bertz CT molecular complexity index is 836. The molecule has 0 unspecified atom stereocenters. The van der Waals surface area contributed by atoms with Gasteiger partial charge in [-0.1, -0.05) is 13.8 Å². The molecule has 0 spiro atoms. The smallest absolute Gasteiger partial charge is 0.303 e. The lowest BCUT2D eigenvalue weighted by Gasteiger charge is -2.64. The summed E-state index contributed by atoms with van der Waals surface area (Å²) in [6, 6.07) is 0. The first-order valence-corrected chi connectivity index (χ1v) is 14.2. The van der Waals surface area contributed by atoms with Crippen molar-refractivity contribution in [3.63, 3.8) is 0 Å². The highest BCUT2D eigenvalue weighted by Crippen LogP contribution is 2.69. The molecule has 4 aliphatic carbocycles. The van der Waals surface area contributed by atoms with Gasteiger partial charge in [0.05, 0.1) is 17.8 Å². The molecule has 1 aliphatic heterocycles. The lowest BCUT2D eigenvalue weighted by molar-refractivity contribution is -0.310. The molecule has 5 aliphatic rings. The molecule has 0 aromatic rings. The average Bonchev–Trinajstić information content (AvgIpc) is 3.10. The molecule has 13 atom stereocenters. The number of carboxylic acid groups (broad SMARTS) is 1. The molecular formula is C28H46O8. The maximum absolute atomic E-state index is 12.2. The number of carboxylic acids is 1. The molecule has 5 fully saturated rings. The third-order valence-corrected chi connectivity index (χ3v) is 11.8. The molecule has 36 heavy (non-hydrogen) atoms. The number of ether oxygens (including phenoxy) is 2. The third-order valence-electron chi connectivity index (χ3n) is 11.8. The Morgan fingerprint density at radius 3 is 2.42 bits per heavy atom. The third kappa shape index (κ3) is 4.06. The molecule has 1 saturated heterocycles. The largest absolute Gasteiger partial charge is 0.481 e. The summed E-state index contributed by atoms with van der Waals surface area (Å²) in [6.45, 7) is 6.30. The quantitative estimate of drug-likeness (QED) is 0.356. The summed E-state index contributed by atoms with van der Waals surface area (Å²) in [4.78, 5) is 11.2. The van der Waals surface area contributed by atoms with Crippen molar-refractivity contribution in [3.8, 4) is 0 Å². The van der Waals surface area contributed by atoms with Crippen LogP contribution in [-0.4, -0.2) is 73.9 Å². The average molecular weight is 511 g/mol. The molecule has 5 N–H and O–H groups in total. The number of aliphatic carboxylic acids is 1. The van der Waals surface area contributed by atoms with E-state index in [0.717, 1.165) is 57.8 Å². The Labute approximate surface area is 214 Å². The van der Waals surface area contributed by atoms with E-state index in [9.17, 15) is 30.3 Å². The molecule has 8 heteroatoms. The van der Waals surface area contributed by atoms with Gasteiger partial charge in [0.1, 0.15) is 18.3 Å². The highest BCUT2D eigenvalue weighted by molar-refractivity contribution is 5.66. The maximum atomic E-state index is 12.2. The molecule has 206 valence electrons. The van der Waals surface area contributed by atoms with Crippen molar-refractivity contribution in [2.45, 2.75) is 134 Å². The van der Waals surface area contributed by atoms with Crippen molar-refractivity contribution in [3.05, 3.63) is 0 Å². The summed E-state index contributed by atoms with van der Waals surface area (Å²) in [5.41, 5.74) is -0.800. The second kappa shape index (κ2) is 9.45. The Hall–Kier alpha value is -0.770. The Balaban J connectivity index is 1.26. The fourth-order valence-corrected chi connectivity index (χ4v) is 9.50. The van der Waals surface area contributed by atoms with E-state index in [0.29, 0.717) is 18.3 Å². The molecule has 0 aromatic carbocycles. The summed E-state index contributed by atoms with van der Waals surface area (Å²) in [7, 11) is 0. The van der Waals surface area contributed by atoms with E-state index in [2.05, 4.69) is 13.8 Å². The molecule has 0 bridgehead atoms. The van der Waals surface area contributed by atoms with Crippen LogP contribution in [0.1, 0.15) is 91.4 Å². The number of fused-ring (bicyclic) bond motifs is 5. The van der Waals surface area contributed by atoms with E-state index in [1.54, 1.807) is 6.92 Å². The van der Waals surface area contributed by atoms with Crippen LogP contribution in [0.2, 0.25) is 0 Å². The van der Waals surface area contributed by atoms with Crippen molar-refractivity contribution in [2.24, 2.45) is 34.5 Å². The number of aliphatic hydroxyl groups is 4. The SMILES string of the molecule is C[C@@H]1O[C@@H](O[C@H]2CC[C@@]3(C)[C@H](CC[C@@H]4[C@@H]3CC[C@]3(C)[C@@H](CCC(=O)O)CC[C@]43O)C2)[C@H](O)[C@H](O)[C@H]1O. The van der Waals surface area contributed by atoms with Gasteiger partial charge >= 0.3 is 5.97 Å². The lowest BCUT2D eigenvalue weighted by Crippen LogP contribution is -2.62. The fourth-order valence-electron chi connectivity index (χ4n) is 9.50. The van der Waals surface area contributed by atoms with Crippen molar-refractivity contribution < 1.29 is 39.8 Å². The van der Waals surface area contributed by atoms with Gasteiger partial charge in [0, 0.05) is 6.42 Å². The van der Waals surface area contributed by atoms with Gasteiger partial charge in [-0.25, -0.2) is 0 Å². The van der Waals surface area contributed by atoms with E-state index in [1.165, 1.54) is 0 Å². The van der Waals surface area contributed by atoms with E-state index < -0.39 is 42.3 Å². The predicted octanol–water partition coefficient (Wildman–Crippen LogP) is 2.84. The zero-order valence-electron chi connectivity index (χ0n) is 22.0.